The smallest absolute Gasteiger partial charge is 0.251 e. The zero-order chi connectivity index (χ0) is 22.2. The van der Waals surface area contributed by atoms with Crippen LogP contribution in [0.25, 0.3) is 0 Å². The number of benzene rings is 1. The number of nitrogens with one attached hydrogen (secondary N) is 2. The molecule has 9 heteroatoms. The number of rotatable bonds is 6. The third-order valence-electron chi connectivity index (χ3n) is 5.57. The molecule has 2 N–H and O–H groups in total. The average molecular weight is 450 g/mol. The summed E-state index contributed by atoms with van der Waals surface area (Å²) in [5.41, 5.74) is 1.57. The summed E-state index contributed by atoms with van der Waals surface area (Å²) in [6.45, 7) is 8.40. The maximum Gasteiger partial charge on any atom is 0.251 e. The fraction of sp³-hybridized carbons (Fsp3) is 0.591. The molecule has 0 aromatic heterocycles. The molecule has 1 aromatic carbocycles. The van der Waals surface area contributed by atoms with E-state index in [2.05, 4.69) is 20.5 Å². The van der Waals surface area contributed by atoms with Crippen molar-refractivity contribution in [3.63, 3.8) is 0 Å². The minimum absolute atomic E-state index is 0.100. The van der Waals surface area contributed by atoms with Gasteiger partial charge in [0.2, 0.25) is 5.91 Å². The first-order valence-corrected chi connectivity index (χ1v) is 11.4. The number of carbonyl (C=O) groups excluding carboxylic acids is 2. The van der Waals surface area contributed by atoms with E-state index in [-0.39, 0.29) is 24.3 Å². The van der Waals surface area contributed by atoms with Gasteiger partial charge in [-0.25, -0.2) is 0 Å². The van der Waals surface area contributed by atoms with Crippen molar-refractivity contribution in [2.75, 3.05) is 51.2 Å². The molecular formula is C22H32ClN5O3. The number of aliphatic imine (C=N–C) groups is 1. The number of anilines is 1. The largest absolute Gasteiger partial charge is 0.368 e. The molecule has 2 aliphatic heterocycles. The zero-order valence-corrected chi connectivity index (χ0v) is 19.1. The third kappa shape index (κ3) is 6.33. The lowest BCUT2D eigenvalue weighted by Crippen LogP contribution is -2.55. The van der Waals surface area contributed by atoms with Crippen molar-refractivity contribution in [1.29, 1.82) is 0 Å². The Bertz CT molecular complexity index is 802. The molecule has 0 saturated carbocycles. The number of hydrogen-bond donors (Lipinski definition) is 2. The van der Waals surface area contributed by atoms with Crippen LogP contribution in [0.1, 0.15) is 31.7 Å². The van der Waals surface area contributed by atoms with Crippen molar-refractivity contribution in [2.45, 2.75) is 39.2 Å². The topological polar surface area (TPSA) is 86.3 Å². The van der Waals surface area contributed by atoms with Crippen LogP contribution in [0.2, 0.25) is 5.02 Å². The van der Waals surface area contributed by atoms with Crippen LogP contribution in [0, 0.1) is 6.92 Å². The molecule has 8 nitrogen and oxygen atoms in total. The van der Waals surface area contributed by atoms with Crippen LogP contribution in [0.3, 0.4) is 0 Å². The number of guanidine groups is 1. The summed E-state index contributed by atoms with van der Waals surface area (Å²) >= 11 is 6.11. The Morgan fingerprint density at radius 3 is 2.65 bits per heavy atom. The molecule has 0 aliphatic carbocycles. The normalized spacial score (nSPS) is 19.5. The summed E-state index contributed by atoms with van der Waals surface area (Å²) in [5.74, 6) is 0.780. The van der Waals surface area contributed by atoms with Gasteiger partial charge in [0, 0.05) is 56.5 Å². The molecule has 0 spiro atoms. The van der Waals surface area contributed by atoms with Gasteiger partial charge in [-0.1, -0.05) is 17.7 Å². The van der Waals surface area contributed by atoms with Crippen molar-refractivity contribution < 1.29 is 14.3 Å². The molecule has 1 unspecified atom stereocenters. The molecule has 0 bridgehead atoms. The number of carbonyl (C=O) groups is 2. The molecule has 170 valence electrons. The fourth-order valence-electron chi connectivity index (χ4n) is 3.76. The second kappa shape index (κ2) is 11.3. The summed E-state index contributed by atoms with van der Waals surface area (Å²) in [5, 5.41) is 6.82. The summed E-state index contributed by atoms with van der Waals surface area (Å²) in [6.07, 6.45) is 1.78. The van der Waals surface area contributed by atoms with Gasteiger partial charge in [-0.15, -0.1) is 0 Å². The molecule has 1 aromatic rings. The van der Waals surface area contributed by atoms with Crippen LogP contribution < -0.4 is 10.6 Å². The lowest BCUT2D eigenvalue weighted by molar-refractivity contribution is -0.142. The molecule has 2 aliphatic rings. The van der Waals surface area contributed by atoms with Crippen molar-refractivity contribution in [1.82, 2.24) is 15.1 Å². The molecule has 2 fully saturated rings. The Morgan fingerprint density at radius 1 is 1.23 bits per heavy atom. The minimum atomic E-state index is -0.268. The summed E-state index contributed by atoms with van der Waals surface area (Å²) in [4.78, 5) is 33.5. The number of hydrogen-bond acceptors (Lipinski definition) is 4. The van der Waals surface area contributed by atoms with E-state index in [1.807, 2.05) is 30.9 Å². The van der Waals surface area contributed by atoms with Crippen LogP contribution in [0.4, 0.5) is 5.69 Å². The second-order valence-corrected chi connectivity index (χ2v) is 8.17. The van der Waals surface area contributed by atoms with Crippen molar-refractivity contribution in [3.05, 3.63) is 28.8 Å². The monoisotopic (exact) mass is 449 g/mol. The quantitative estimate of drug-likeness (QED) is 0.514. The molecule has 2 saturated heterocycles. The predicted octanol–water partition coefficient (Wildman–Crippen LogP) is 2.27. The first-order valence-electron chi connectivity index (χ1n) is 11.0. The van der Waals surface area contributed by atoms with Gasteiger partial charge in [0.05, 0.1) is 6.54 Å². The third-order valence-corrected chi connectivity index (χ3v) is 5.98. The van der Waals surface area contributed by atoms with E-state index < -0.39 is 0 Å². The van der Waals surface area contributed by atoms with E-state index in [0.29, 0.717) is 44.4 Å². The van der Waals surface area contributed by atoms with Crippen molar-refractivity contribution in [2.24, 2.45) is 4.99 Å². The lowest BCUT2D eigenvalue weighted by atomic mass is 10.2. The SMILES string of the molecule is CCNC(=NCCC(=O)Nc1cccc(Cl)c1C)N1CCN(C(=O)C2CCCO2)CC1. The van der Waals surface area contributed by atoms with Gasteiger partial charge in [-0.2, -0.15) is 0 Å². The molecule has 2 heterocycles. The Kier molecular flexibility index (Phi) is 8.54. The van der Waals surface area contributed by atoms with Gasteiger partial charge in [-0.3, -0.25) is 14.6 Å². The van der Waals surface area contributed by atoms with Gasteiger partial charge >= 0.3 is 0 Å². The highest BCUT2D eigenvalue weighted by Crippen LogP contribution is 2.23. The minimum Gasteiger partial charge on any atom is -0.368 e. The van der Waals surface area contributed by atoms with E-state index in [1.165, 1.54) is 0 Å². The fourth-order valence-corrected chi connectivity index (χ4v) is 3.93. The molecule has 1 atom stereocenters. The number of piperazine rings is 1. The average Bonchev–Trinajstić information content (AvgIpc) is 3.31. The predicted molar refractivity (Wildman–Crippen MR) is 123 cm³/mol. The first-order chi connectivity index (χ1) is 15.0. The van der Waals surface area contributed by atoms with E-state index in [0.717, 1.165) is 36.6 Å². The van der Waals surface area contributed by atoms with E-state index in [9.17, 15) is 9.59 Å². The molecular weight excluding hydrogens is 418 g/mol. The van der Waals surface area contributed by atoms with Gasteiger partial charge < -0.3 is 25.2 Å². The van der Waals surface area contributed by atoms with Crippen molar-refractivity contribution >= 4 is 35.1 Å². The van der Waals surface area contributed by atoms with Crippen LogP contribution in [0.15, 0.2) is 23.2 Å². The lowest BCUT2D eigenvalue weighted by Gasteiger charge is -2.37. The maximum atomic E-state index is 12.5. The van der Waals surface area contributed by atoms with Gasteiger partial charge in [-0.05, 0) is 44.4 Å². The Morgan fingerprint density at radius 2 is 1.97 bits per heavy atom. The van der Waals surface area contributed by atoms with E-state index >= 15 is 0 Å². The zero-order valence-electron chi connectivity index (χ0n) is 18.3. The molecule has 2 amide bonds. The Labute approximate surface area is 189 Å². The van der Waals surface area contributed by atoms with Gasteiger partial charge in [0.25, 0.3) is 5.91 Å². The summed E-state index contributed by atoms with van der Waals surface area (Å²) in [6, 6.07) is 5.45. The van der Waals surface area contributed by atoms with Gasteiger partial charge in [0.1, 0.15) is 6.10 Å². The Hall–Kier alpha value is -2.32. The number of amides is 2. The van der Waals surface area contributed by atoms with Crippen molar-refractivity contribution in [3.8, 4) is 0 Å². The standard InChI is InChI=1S/C22H32ClN5O3/c1-3-24-22(25-10-9-20(29)26-18-7-4-6-17(23)16(18)2)28-13-11-27(12-14-28)21(30)19-8-5-15-31-19/h4,6-7,19H,3,5,8-15H2,1-2H3,(H,24,25)(H,26,29). The van der Waals surface area contributed by atoms with Gasteiger partial charge in [0.15, 0.2) is 5.96 Å². The first kappa shape index (κ1) is 23.3. The van der Waals surface area contributed by atoms with E-state index in [4.69, 9.17) is 16.3 Å². The van der Waals surface area contributed by atoms with Crippen LogP contribution >= 0.6 is 11.6 Å². The summed E-state index contributed by atoms with van der Waals surface area (Å²) < 4.78 is 5.53. The van der Waals surface area contributed by atoms with Crippen LogP contribution in [-0.4, -0.2) is 79.6 Å². The number of nitrogens with zero attached hydrogens (tertiary/aromatic N) is 3. The maximum absolute atomic E-state index is 12.5. The molecule has 31 heavy (non-hydrogen) atoms. The Balaban J connectivity index is 1.49. The highest BCUT2D eigenvalue weighted by molar-refractivity contribution is 6.31. The summed E-state index contributed by atoms with van der Waals surface area (Å²) in [7, 11) is 0. The molecule has 0 radical (unpaired) electrons. The van der Waals surface area contributed by atoms with Crippen LogP contribution in [0.5, 0.6) is 0 Å². The van der Waals surface area contributed by atoms with Crippen LogP contribution in [-0.2, 0) is 14.3 Å². The highest BCUT2D eigenvalue weighted by atomic mass is 35.5. The highest BCUT2D eigenvalue weighted by Gasteiger charge is 2.30. The number of ether oxygens (including phenoxy) is 1. The second-order valence-electron chi connectivity index (χ2n) is 7.76. The van der Waals surface area contributed by atoms with E-state index in [1.54, 1.807) is 6.07 Å². The number of halogens is 1. The molecule has 3 rings (SSSR count).